The summed E-state index contributed by atoms with van der Waals surface area (Å²) in [5.41, 5.74) is 3.78. The minimum absolute atomic E-state index is 1.22. The third kappa shape index (κ3) is 0.910. The summed E-state index contributed by atoms with van der Waals surface area (Å²) in [5.74, 6) is 0. The number of fused-ring (bicyclic) bond motifs is 3. The summed E-state index contributed by atoms with van der Waals surface area (Å²) in [6.45, 7) is 0. The third-order valence-corrected chi connectivity index (χ3v) is 2.74. The average Bonchev–Trinajstić information content (AvgIpc) is 2.57. The highest BCUT2D eigenvalue weighted by atomic mass is 14.7. The molecule has 2 aromatic carbocycles. The first-order valence-electron chi connectivity index (χ1n) is 4.82. The van der Waals surface area contributed by atoms with Crippen LogP contribution in [-0.4, -0.2) is 12.8 Å². The van der Waals surface area contributed by atoms with E-state index in [4.69, 9.17) is 0 Å². The first-order chi connectivity index (χ1) is 6.86. The largest absolute Gasteiger partial charge is 0.355 e. The Morgan fingerprint density at radius 2 is 1.64 bits per heavy atom. The van der Waals surface area contributed by atoms with Crippen LogP contribution in [0.2, 0.25) is 0 Å². The summed E-state index contributed by atoms with van der Waals surface area (Å²) in [7, 11) is 2.16. The maximum atomic E-state index is 3.42. The Morgan fingerprint density at radius 3 is 2.57 bits per heavy atom. The lowest BCUT2D eigenvalue weighted by molar-refractivity contribution is 1.55. The zero-order chi connectivity index (χ0) is 9.54. The average molecular weight is 179 g/mol. The molecule has 3 aromatic rings. The molecule has 0 saturated carbocycles. The fraction of sp³-hybridized carbons (Fsp3) is 0. The van der Waals surface area contributed by atoms with Gasteiger partial charge >= 0.3 is 0 Å². The van der Waals surface area contributed by atoms with Crippen molar-refractivity contribution in [2.45, 2.75) is 0 Å². The maximum absolute atomic E-state index is 3.42. The number of aromatic nitrogens is 1. The van der Waals surface area contributed by atoms with Gasteiger partial charge in [0.25, 0.3) is 0 Å². The first kappa shape index (κ1) is 7.68. The summed E-state index contributed by atoms with van der Waals surface area (Å²) < 4.78 is 0. The molecule has 0 atom stereocenters. The molecule has 0 aliphatic heterocycles. The van der Waals surface area contributed by atoms with Crippen LogP contribution in [0.25, 0.3) is 21.8 Å². The van der Waals surface area contributed by atoms with Gasteiger partial charge in [-0.25, -0.2) is 0 Å². The van der Waals surface area contributed by atoms with Gasteiger partial charge in [0.1, 0.15) is 7.85 Å². The molecule has 0 bridgehead atoms. The van der Waals surface area contributed by atoms with E-state index >= 15 is 0 Å². The molecular formula is C12H10BN. The lowest BCUT2D eigenvalue weighted by atomic mass is 9.91. The molecule has 0 spiro atoms. The van der Waals surface area contributed by atoms with Crippen LogP contribution in [0.5, 0.6) is 0 Å². The van der Waals surface area contributed by atoms with E-state index < -0.39 is 0 Å². The van der Waals surface area contributed by atoms with Gasteiger partial charge in [0.15, 0.2) is 0 Å². The van der Waals surface area contributed by atoms with E-state index in [1.54, 1.807) is 0 Å². The van der Waals surface area contributed by atoms with Crippen LogP contribution in [0.15, 0.2) is 42.5 Å². The zero-order valence-electron chi connectivity index (χ0n) is 8.04. The van der Waals surface area contributed by atoms with Crippen LogP contribution in [0.3, 0.4) is 0 Å². The highest BCUT2D eigenvalue weighted by molar-refractivity contribution is 6.41. The molecule has 1 heterocycles. The van der Waals surface area contributed by atoms with Gasteiger partial charge in [-0.2, -0.15) is 0 Å². The van der Waals surface area contributed by atoms with Gasteiger partial charge in [0.05, 0.1) is 0 Å². The monoisotopic (exact) mass is 179 g/mol. The fourth-order valence-corrected chi connectivity index (χ4v) is 2.08. The molecule has 0 amide bonds. The predicted molar refractivity (Wildman–Crippen MR) is 64.0 cm³/mol. The van der Waals surface area contributed by atoms with E-state index in [9.17, 15) is 0 Å². The summed E-state index contributed by atoms with van der Waals surface area (Å²) in [4.78, 5) is 3.42. The molecule has 0 aliphatic carbocycles. The number of benzene rings is 2. The number of para-hydroxylation sites is 1. The van der Waals surface area contributed by atoms with E-state index in [1.165, 1.54) is 27.3 Å². The van der Waals surface area contributed by atoms with Crippen molar-refractivity contribution in [1.82, 2.24) is 4.98 Å². The van der Waals surface area contributed by atoms with Gasteiger partial charge < -0.3 is 4.98 Å². The van der Waals surface area contributed by atoms with E-state index in [0.29, 0.717) is 0 Å². The first-order valence-corrected chi connectivity index (χ1v) is 4.82. The second kappa shape index (κ2) is 2.64. The molecule has 2 heteroatoms. The standard InChI is InChI=1S/C12H10BN/c13-9-5-3-7-11-12(9)8-4-1-2-6-10(8)14-11/h1-7,14H,13H2. The van der Waals surface area contributed by atoms with Crippen molar-refractivity contribution in [2.75, 3.05) is 0 Å². The summed E-state index contributed by atoms with van der Waals surface area (Å²) >= 11 is 0. The molecule has 66 valence electrons. The Morgan fingerprint density at radius 1 is 0.857 bits per heavy atom. The molecule has 1 N–H and O–H groups in total. The van der Waals surface area contributed by atoms with Crippen LogP contribution in [-0.2, 0) is 0 Å². The molecule has 0 aliphatic rings. The molecule has 14 heavy (non-hydrogen) atoms. The Kier molecular flexibility index (Phi) is 1.45. The van der Waals surface area contributed by atoms with E-state index in [1.807, 2.05) is 0 Å². The Hall–Kier alpha value is -1.70. The predicted octanol–water partition coefficient (Wildman–Crippen LogP) is 1.58. The SMILES string of the molecule is Bc1cccc2[nH]c3ccccc3c12. The number of hydrogen-bond donors (Lipinski definition) is 1. The lowest BCUT2D eigenvalue weighted by Crippen LogP contribution is -2.01. The molecule has 1 nitrogen and oxygen atoms in total. The number of nitrogens with one attached hydrogen (secondary N) is 1. The van der Waals surface area contributed by atoms with Crippen LogP contribution < -0.4 is 5.46 Å². The minimum atomic E-state index is 1.22. The maximum Gasteiger partial charge on any atom is 0.140 e. The van der Waals surface area contributed by atoms with Gasteiger partial charge in [-0.05, 0) is 12.1 Å². The van der Waals surface area contributed by atoms with E-state index in [-0.39, 0.29) is 0 Å². The number of hydrogen-bond acceptors (Lipinski definition) is 0. The topological polar surface area (TPSA) is 15.8 Å². The van der Waals surface area contributed by atoms with Gasteiger partial charge in [0, 0.05) is 21.8 Å². The highest BCUT2D eigenvalue weighted by Crippen LogP contribution is 2.22. The van der Waals surface area contributed by atoms with Crippen molar-refractivity contribution in [2.24, 2.45) is 0 Å². The quantitative estimate of drug-likeness (QED) is 0.504. The molecule has 0 radical (unpaired) electrons. The summed E-state index contributed by atoms with van der Waals surface area (Å²) in [5, 5.41) is 2.67. The van der Waals surface area contributed by atoms with Crippen LogP contribution in [0.1, 0.15) is 0 Å². The Labute approximate surface area is 83.2 Å². The second-order valence-electron chi connectivity index (χ2n) is 3.67. The second-order valence-corrected chi connectivity index (χ2v) is 3.67. The van der Waals surface area contributed by atoms with Crippen molar-refractivity contribution >= 4 is 35.1 Å². The van der Waals surface area contributed by atoms with Gasteiger partial charge in [-0.1, -0.05) is 35.8 Å². The van der Waals surface area contributed by atoms with Crippen molar-refractivity contribution in [1.29, 1.82) is 0 Å². The summed E-state index contributed by atoms with van der Waals surface area (Å²) in [6.07, 6.45) is 0. The summed E-state index contributed by atoms with van der Waals surface area (Å²) in [6, 6.07) is 14.8. The van der Waals surface area contributed by atoms with Gasteiger partial charge in [-0.3, -0.25) is 0 Å². The lowest BCUT2D eigenvalue weighted by Gasteiger charge is -1.95. The Balaban J connectivity index is 2.65. The highest BCUT2D eigenvalue weighted by Gasteiger charge is 2.03. The molecule has 0 fully saturated rings. The van der Waals surface area contributed by atoms with Crippen molar-refractivity contribution in [3.05, 3.63) is 42.5 Å². The molecular weight excluding hydrogens is 169 g/mol. The van der Waals surface area contributed by atoms with Crippen LogP contribution in [0.4, 0.5) is 0 Å². The van der Waals surface area contributed by atoms with Crippen molar-refractivity contribution < 1.29 is 0 Å². The van der Waals surface area contributed by atoms with Crippen LogP contribution in [0, 0.1) is 0 Å². The molecule has 1 aromatic heterocycles. The van der Waals surface area contributed by atoms with E-state index in [2.05, 4.69) is 55.3 Å². The molecule has 0 unspecified atom stereocenters. The van der Waals surface area contributed by atoms with Crippen LogP contribution >= 0.6 is 0 Å². The third-order valence-electron chi connectivity index (χ3n) is 2.74. The number of aromatic amines is 1. The Bertz CT molecular complexity index is 610. The normalized spacial score (nSPS) is 11.1. The van der Waals surface area contributed by atoms with Gasteiger partial charge in [0.2, 0.25) is 0 Å². The smallest absolute Gasteiger partial charge is 0.140 e. The molecule has 3 rings (SSSR count). The molecule has 0 saturated heterocycles. The van der Waals surface area contributed by atoms with Crippen molar-refractivity contribution in [3.8, 4) is 0 Å². The van der Waals surface area contributed by atoms with Crippen molar-refractivity contribution in [3.63, 3.8) is 0 Å². The van der Waals surface area contributed by atoms with Gasteiger partial charge in [-0.15, -0.1) is 0 Å². The minimum Gasteiger partial charge on any atom is -0.355 e. The zero-order valence-corrected chi connectivity index (χ0v) is 8.04. The number of H-pyrrole nitrogens is 1. The number of rotatable bonds is 0. The van der Waals surface area contributed by atoms with E-state index in [0.717, 1.165) is 0 Å². The fourth-order valence-electron chi connectivity index (χ4n) is 2.08.